The number of carbonyl (C=O) groups is 1. The Kier molecular flexibility index (Phi) is 4.89. The number of carbonyl (C=O) groups excluding carboxylic acids is 1. The number of thioether (sulfide) groups is 1. The molecule has 0 aliphatic carbocycles. The largest absolute Gasteiger partial charge is 0.344 e. The number of hydrogen-bond donors (Lipinski definition) is 0. The Morgan fingerprint density at radius 3 is 2.56 bits per heavy atom. The Bertz CT molecular complexity index is 1050. The summed E-state index contributed by atoms with van der Waals surface area (Å²) in [6.07, 6.45) is 5.17. The van der Waals surface area contributed by atoms with Gasteiger partial charge in [-0.1, -0.05) is 67.3 Å². The van der Waals surface area contributed by atoms with Gasteiger partial charge in [-0.2, -0.15) is 0 Å². The highest BCUT2D eigenvalue weighted by Gasteiger charge is 2.33. The summed E-state index contributed by atoms with van der Waals surface area (Å²) in [5.41, 5.74) is 3.06. The van der Waals surface area contributed by atoms with E-state index in [1.807, 2.05) is 42.5 Å². The second-order valence-electron chi connectivity index (χ2n) is 6.62. The summed E-state index contributed by atoms with van der Waals surface area (Å²) in [6, 6.07) is 18.3. The maximum absolute atomic E-state index is 13.0. The molecule has 0 N–H and O–H groups in total. The third-order valence-corrected chi connectivity index (χ3v) is 6.23. The average molecular weight is 393 g/mol. The molecule has 2 aromatic carbocycles. The highest BCUT2D eigenvalue weighted by Crippen LogP contribution is 2.37. The number of hydrogen-bond acceptors (Lipinski definition) is 3. The van der Waals surface area contributed by atoms with Gasteiger partial charge in [0.2, 0.25) is 0 Å². The summed E-state index contributed by atoms with van der Waals surface area (Å²) in [4.78, 5) is 15.3. The first-order chi connectivity index (χ1) is 13.1. The first-order valence-corrected chi connectivity index (χ1v) is 10.2. The fourth-order valence-corrected chi connectivity index (χ4v) is 4.61. The molecule has 4 rings (SSSR count). The molecule has 1 saturated heterocycles. The highest BCUT2D eigenvalue weighted by molar-refractivity contribution is 8.27. The van der Waals surface area contributed by atoms with Crippen LogP contribution in [0.25, 0.3) is 17.0 Å². The van der Waals surface area contributed by atoms with Crippen molar-refractivity contribution in [2.75, 3.05) is 4.90 Å². The summed E-state index contributed by atoms with van der Waals surface area (Å²) in [7, 11) is 0. The number of benzene rings is 2. The fraction of sp³-hybridized carbons (Fsp3) is 0.182. The maximum Gasteiger partial charge on any atom is 0.270 e. The van der Waals surface area contributed by atoms with E-state index < -0.39 is 0 Å². The maximum atomic E-state index is 13.0. The van der Waals surface area contributed by atoms with Crippen LogP contribution >= 0.6 is 24.0 Å². The third kappa shape index (κ3) is 3.22. The van der Waals surface area contributed by atoms with Crippen LogP contribution in [0.15, 0.2) is 65.7 Å². The van der Waals surface area contributed by atoms with Crippen molar-refractivity contribution < 1.29 is 4.79 Å². The van der Waals surface area contributed by atoms with Crippen molar-refractivity contribution in [3.8, 4) is 0 Å². The molecule has 5 heteroatoms. The molecule has 0 saturated carbocycles. The quantitative estimate of drug-likeness (QED) is 0.401. The second-order valence-corrected chi connectivity index (χ2v) is 8.29. The van der Waals surface area contributed by atoms with E-state index in [-0.39, 0.29) is 5.91 Å². The molecule has 1 fully saturated rings. The van der Waals surface area contributed by atoms with Gasteiger partial charge >= 0.3 is 0 Å². The molecule has 1 aliphatic rings. The van der Waals surface area contributed by atoms with Gasteiger partial charge in [-0.25, -0.2) is 0 Å². The van der Waals surface area contributed by atoms with Crippen LogP contribution in [0.4, 0.5) is 5.69 Å². The first kappa shape index (κ1) is 18.0. The zero-order chi connectivity index (χ0) is 19.0. The van der Waals surface area contributed by atoms with Crippen molar-refractivity contribution in [2.45, 2.75) is 26.3 Å². The number of fused-ring (bicyclic) bond motifs is 1. The van der Waals surface area contributed by atoms with Gasteiger partial charge in [-0.3, -0.25) is 9.69 Å². The van der Waals surface area contributed by atoms with Crippen LogP contribution in [0.5, 0.6) is 0 Å². The molecule has 3 nitrogen and oxygen atoms in total. The minimum Gasteiger partial charge on any atom is -0.344 e. The molecule has 1 aliphatic heterocycles. The fourth-order valence-electron chi connectivity index (χ4n) is 3.32. The van der Waals surface area contributed by atoms with E-state index in [9.17, 15) is 4.79 Å². The lowest BCUT2D eigenvalue weighted by molar-refractivity contribution is -0.113. The van der Waals surface area contributed by atoms with Gasteiger partial charge in [0.15, 0.2) is 4.32 Å². The number of nitrogens with zero attached hydrogens (tertiary/aromatic N) is 2. The topological polar surface area (TPSA) is 25.2 Å². The van der Waals surface area contributed by atoms with Crippen molar-refractivity contribution in [1.82, 2.24) is 4.57 Å². The number of thiocarbonyl (C=S) groups is 1. The van der Waals surface area contributed by atoms with E-state index in [2.05, 4.69) is 42.8 Å². The van der Waals surface area contributed by atoms with Crippen molar-refractivity contribution in [3.63, 3.8) is 0 Å². The van der Waals surface area contributed by atoms with Crippen molar-refractivity contribution >= 4 is 56.9 Å². The van der Waals surface area contributed by atoms with Crippen LogP contribution in [0.3, 0.4) is 0 Å². The Hall–Kier alpha value is -2.37. The molecule has 27 heavy (non-hydrogen) atoms. The van der Waals surface area contributed by atoms with Crippen molar-refractivity contribution in [1.29, 1.82) is 0 Å². The number of anilines is 1. The van der Waals surface area contributed by atoms with Gasteiger partial charge in [0, 0.05) is 28.7 Å². The van der Waals surface area contributed by atoms with Gasteiger partial charge in [-0.05, 0) is 37.6 Å². The number of rotatable bonds is 4. The zero-order valence-electron chi connectivity index (χ0n) is 15.3. The van der Waals surface area contributed by atoms with Gasteiger partial charge in [0.1, 0.15) is 0 Å². The Balaban J connectivity index is 1.77. The molecule has 0 spiro atoms. The van der Waals surface area contributed by atoms with Gasteiger partial charge in [-0.15, -0.1) is 0 Å². The first-order valence-electron chi connectivity index (χ1n) is 9.02. The van der Waals surface area contributed by atoms with Crippen LogP contribution in [0.2, 0.25) is 0 Å². The van der Waals surface area contributed by atoms with Gasteiger partial charge in [0.25, 0.3) is 5.91 Å². The molecular formula is C22H20N2OS2. The van der Waals surface area contributed by atoms with Crippen LogP contribution in [0, 0.1) is 0 Å². The number of para-hydroxylation sites is 2. The lowest BCUT2D eigenvalue weighted by Gasteiger charge is -2.13. The third-order valence-electron chi connectivity index (χ3n) is 4.93. The smallest absolute Gasteiger partial charge is 0.270 e. The van der Waals surface area contributed by atoms with Crippen LogP contribution in [-0.2, 0) is 4.79 Å². The molecular weight excluding hydrogens is 372 g/mol. The number of amides is 1. The molecule has 1 amide bonds. The molecule has 0 radical (unpaired) electrons. The average Bonchev–Trinajstić information content (AvgIpc) is 3.19. The Morgan fingerprint density at radius 1 is 1.11 bits per heavy atom. The highest BCUT2D eigenvalue weighted by atomic mass is 32.2. The SMILES string of the molecule is CC[C@H](C)n1cc(/C=C2/SC(=S)N(c3ccccc3)C2=O)c2ccccc21. The van der Waals surface area contributed by atoms with Crippen LogP contribution < -0.4 is 4.90 Å². The molecule has 0 unspecified atom stereocenters. The van der Waals surface area contributed by atoms with E-state index in [0.717, 1.165) is 23.1 Å². The minimum absolute atomic E-state index is 0.0587. The summed E-state index contributed by atoms with van der Waals surface area (Å²) in [5.74, 6) is -0.0587. The van der Waals surface area contributed by atoms with Crippen LogP contribution in [-0.4, -0.2) is 14.8 Å². The van der Waals surface area contributed by atoms with E-state index in [4.69, 9.17) is 12.2 Å². The van der Waals surface area contributed by atoms with Crippen molar-refractivity contribution in [2.24, 2.45) is 0 Å². The summed E-state index contributed by atoms with van der Waals surface area (Å²) in [6.45, 7) is 4.40. The monoisotopic (exact) mass is 392 g/mol. The molecule has 1 atom stereocenters. The molecule has 0 bridgehead atoms. The van der Waals surface area contributed by atoms with Gasteiger partial charge in [0.05, 0.1) is 10.6 Å². The summed E-state index contributed by atoms with van der Waals surface area (Å²) >= 11 is 6.84. The van der Waals surface area contributed by atoms with E-state index in [1.54, 1.807) is 4.90 Å². The van der Waals surface area contributed by atoms with Crippen LogP contribution in [0.1, 0.15) is 31.9 Å². The van der Waals surface area contributed by atoms with Crippen molar-refractivity contribution in [3.05, 3.63) is 71.3 Å². The minimum atomic E-state index is -0.0587. The summed E-state index contributed by atoms with van der Waals surface area (Å²) in [5, 5.41) is 1.16. The Labute approximate surface area is 168 Å². The van der Waals surface area contributed by atoms with Gasteiger partial charge < -0.3 is 4.57 Å². The normalized spacial score (nSPS) is 17.3. The second kappa shape index (κ2) is 7.33. The number of aromatic nitrogens is 1. The van der Waals surface area contributed by atoms with E-state index in [0.29, 0.717) is 15.3 Å². The summed E-state index contributed by atoms with van der Waals surface area (Å²) < 4.78 is 2.86. The zero-order valence-corrected chi connectivity index (χ0v) is 16.9. The standard InChI is InChI=1S/C22H20N2OS2/c1-3-15(2)23-14-16(18-11-7-8-12-19(18)23)13-20-21(25)24(22(26)27-20)17-9-5-4-6-10-17/h4-15H,3H2,1-2H3/b20-13+/t15-/m0/s1. The molecule has 3 aromatic rings. The molecule has 1 aromatic heterocycles. The van der Waals surface area contributed by atoms with E-state index >= 15 is 0 Å². The predicted octanol–water partition coefficient (Wildman–Crippen LogP) is 6.02. The predicted molar refractivity (Wildman–Crippen MR) is 119 cm³/mol. The lowest BCUT2D eigenvalue weighted by atomic mass is 10.1. The lowest BCUT2D eigenvalue weighted by Crippen LogP contribution is -2.27. The Morgan fingerprint density at radius 2 is 1.81 bits per heavy atom. The molecule has 136 valence electrons. The van der Waals surface area contributed by atoms with E-state index in [1.165, 1.54) is 17.3 Å². The molecule has 2 heterocycles.